The van der Waals surface area contributed by atoms with Crippen molar-refractivity contribution >= 4 is 6.09 Å². The van der Waals surface area contributed by atoms with E-state index in [0.717, 1.165) is 18.3 Å². The van der Waals surface area contributed by atoms with E-state index in [9.17, 15) is 9.90 Å². The Balaban J connectivity index is 1.33. The van der Waals surface area contributed by atoms with Gasteiger partial charge in [0.1, 0.15) is 6.61 Å². The molecule has 0 aromatic carbocycles. The molecule has 34 heavy (non-hydrogen) atoms. The van der Waals surface area contributed by atoms with Crippen molar-refractivity contribution in [3.8, 4) is 0 Å². The largest absolute Gasteiger partial charge is 0.447 e. The molecule has 5 fully saturated rings. The molecule has 9 atom stereocenters. The number of carbonyl (C=O) groups is 1. The van der Waals surface area contributed by atoms with Crippen LogP contribution in [0.4, 0.5) is 4.79 Å². The van der Waals surface area contributed by atoms with Crippen LogP contribution in [0.1, 0.15) is 91.9 Å². The lowest BCUT2D eigenvalue weighted by Crippen LogP contribution is -2.50. The highest BCUT2D eigenvalue weighted by atomic mass is 16.6. The summed E-state index contributed by atoms with van der Waals surface area (Å²) in [5.74, 6) is 2.89. The third kappa shape index (κ3) is 3.42. The molecular formula is C29H49NO4. The van der Waals surface area contributed by atoms with E-state index in [1.165, 1.54) is 62.7 Å². The number of aliphatic hydroxyl groups excluding tert-OH is 1. The molecule has 1 N–H and O–H groups in total. The third-order valence-corrected chi connectivity index (χ3v) is 11.8. The third-order valence-electron chi connectivity index (χ3n) is 11.8. The summed E-state index contributed by atoms with van der Waals surface area (Å²) in [6, 6.07) is 0. The maximum absolute atomic E-state index is 11.9. The summed E-state index contributed by atoms with van der Waals surface area (Å²) in [7, 11) is 3.45. The summed E-state index contributed by atoms with van der Waals surface area (Å²) in [6.07, 6.45) is 12.9. The predicted molar refractivity (Wildman–Crippen MR) is 133 cm³/mol. The minimum Gasteiger partial charge on any atom is -0.447 e. The van der Waals surface area contributed by atoms with E-state index in [1.807, 2.05) is 0 Å². The van der Waals surface area contributed by atoms with Gasteiger partial charge in [-0.25, -0.2) is 4.79 Å². The smallest absolute Gasteiger partial charge is 0.409 e. The molecule has 5 nitrogen and oxygen atoms in total. The van der Waals surface area contributed by atoms with Crippen molar-refractivity contribution in [3.05, 3.63) is 0 Å². The maximum Gasteiger partial charge on any atom is 0.409 e. The van der Waals surface area contributed by atoms with E-state index in [1.54, 1.807) is 14.1 Å². The molecule has 6 unspecified atom stereocenters. The van der Waals surface area contributed by atoms with Gasteiger partial charge < -0.3 is 19.5 Å². The number of hydrogen-bond donors (Lipinski definition) is 1. The number of amides is 1. The van der Waals surface area contributed by atoms with E-state index in [0.29, 0.717) is 47.4 Å². The summed E-state index contributed by atoms with van der Waals surface area (Å²) in [4.78, 5) is 13.4. The number of rotatable bonds is 6. The first kappa shape index (κ1) is 24.9. The Morgan fingerprint density at radius 3 is 2.53 bits per heavy atom. The van der Waals surface area contributed by atoms with E-state index in [4.69, 9.17) is 9.47 Å². The molecule has 5 heteroatoms. The van der Waals surface area contributed by atoms with Crippen LogP contribution in [0.3, 0.4) is 0 Å². The highest BCUT2D eigenvalue weighted by Gasteiger charge is 2.79. The van der Waals surface area contributed by atoms with Crippen LogP contribution < -0.4 is 0 Å². The fourth-order valence-corrected chi connectivity index (χ4v) is 10.3. The SMILES string of the molecule is CCC[C@]12C[C@]13CC[C@]1(C)C4CCC(COC(=O)N(C)C)OC4CC1C3CCC2C(C)(C)CO. The first-order chi connectivity index (χ1) is 16.0. The summed E-state index contributed by atoms with van der Waals surface area (Å²) in [5.41, 5.74) is 1.38. The Morgan fingerprint density at radius 2 is 1.85 bits per heavy atom. The number of nitrogens with zero attached hydrogens (tertiary/aromatic N) is 1. The molecule has 1 spiro atoms. The van der Waals surface area contributed by atoms with E-state index in [2.05, 4.69) is 27.7 Å². The van der Waals surface area contributed by atoms with Crippen molar-refractivity contribution < 1.29 is 19.4 Å². The van der Waals surface area contributed by atoms with Crippen LogP contribution in [0.2, 0.25) is 0 Å². The van der Waals surface area contributed by atoms with E-state index >= 15 is 0 Å². The quantitative estimate of drug-likeness (QED) is 0.520. The average molecular weight is 476 g/mol. The lowest BCUT2D eigenvalue weighted by molar-refractivity contribution is -0.116. The number of ether oxygens (including phenoxy) is 2. The predicted octanol–water partition coefficient (Wildman–Crippen LogP) is 5.89. The molecule has 0 aromatic heterocycles. The summed E-state index contributed by atoms with van der Waals surface area (Å²) >= 11 is 0. The highest BCUT2D eigenvalue weighted by Crippen LogP contribution is 2.85. The standard InChI is InChI=1S/C29H49NO4/c1-7-12-29-17-28(29)14-13-27(4)21-9-8-19(16-33-25(32)30(5)6)34-23(21)15-22(27)20(28)10-11-24(29)26(2,3)18-31/h19-24,31H,7-18H2,1-6H3/t19?,20?,21?,22?,23?,24?,27-,28+,29-/m1/s1. The molecule has 5 rings (SSSR count). The molecule has 0 bridgehead atoms. The minimum atomic E-state index is -0.275. The Morgan fingerprint density at radius 1 is 1.12 bits per heavy atom. The lowest BCUT2D eigenvalue weighted by atomic mass is 9.48. The summed E-state index contributed by atoms with van der Waals surface area (Å²) < 4.78 is 12.1. The highest BCUT2D eigenvalue weighted by molar-refractivity contribution is 5.66. The Kier molecular flexibility index (Phi) is 6.12. The van der Waals surface area contributed by atoms with Crippen molar-refractivity contribution in [2.45, 2.75) is 104 Å². The molecule has 1 heterocycles. The number of aliphatic hydroxyl groups is 1. The fraction of sp³-hybridized carbons (Fsp3) is 0.966. The zero-order valence-corrected chi connectivity index (χ0v) is 22.6. The lowest BCUT2D eigenvalue weighted by Gasteiger charge is -2.56. The first-order valence-corrected chi connectivity index (χ1v) is 14.1. The van der Waals surface area contributed by atoms with Crippen LogP contribution in [0, 0.1) is 45.3 Å². The number of fused-ring (bicyclic) bond motifs is 4. The van der Waals surface area contributed by atoms with Crippen LogP contribution in [0.25, 0.3) is 0 Å². The number of hydrogen-bond acceptors (Lipinski definition) is 4. The van der Waals surface area contributed by atoms with Crippen LogP contribution in [-0.4, -0.2) is 55.6 Å². The van der Waals surface area contributed by atoms with Gasteiger partial charge >= 0.3 is 6.09 Å². The van der Waals surface area contributed by atoms with Crippen molar-refractivity contribution in [3.63, 3.8) is 0 Å². The topological polar surface area (TPSA) is 59.0 Å². The van der Waals surface area contributed by atoms with Crippen LogP contribution in [-0.2, 0) is 9.47 Å². The molecule has 1 amide bonds. The zero-order valence-electron chi connectivity index (χ0n) is 22.6. The molecule has 1 aliphatic heterocycles. The Hall–Kier alpha value is -0.810. The van der Waals surface area contributed by atoms with Gasteiger partial charge in [-0.05, 0) is 103 Å². The molecule has 1 saturated heterocycles. The minimum absolute atomic E-state index is 0.0222. The van der Waals surface area contributed by atoms with Crippen molar-refractivity contribution in [2.24, 2.45) is 45.3 Å². The molecule has 4 aliphatic carbocycles. The monoisotopic (exact) mass is 475 g/mol. The second kappa shape index (κ2) is 8.36. The Bertz CT molecular complexity index is 797. The molecule has 4 saturated carbocycles. The van der Waals surface area contributed by atoms with Crippen molar-refractivity contribution in [1.82, 2.24) is 4.90 Å². The number of carbonyl (C=O) groups excluding carboxylic acids is 1. The first-order valence-electron chi connectivity index (χ1n) is 14.1. The maximum atomic E-state index is 11.9. The van der Waals surface area contributed by atoms with Gasteiger partial charge in [-0.1, -0.05) is 34.1 Å². The van der Waals surface area contributed by atoms with E-state index in [-0.39, 0.29) is 17.6 Å². The second-order valence-electron chi connectivity index (χ2n) is 13.9. The van der Waals surface area contributed by atoms with Gasteiger partial charge in [0.15, 0.2) is 0 Å². The fourth-order valence-electron chi connectivity index (χ4n) is 10.3. The zero-order chi connectivity index (χ0) is 24.5. The molecule has 5 aliphatic rings. The van der Waals surface area contributed by atoms with Crippen LogP contribution >= 0.6 is 0 Å². The average Bonchev–Trinajstić information content (AvgIpc) is 3.37. The van der Waals surface area contributed by atoms with Gasteiger partial charge in [-0.15, -0.1) is 0 Å². The molecule has 194 valence electrons. The van der Waals surface area contributed by atoms with E-state index < -0.39 is 0 Å². The second-order valence-corrected chi connectivity index (χ2v) is 13.9. The van der Waals surface area contributed by atoms with Gasteiger partial charge in [0.25, 0.3) is 0 Å². The molecular weight excluding hydrogens is 426 g/mol. The van der Waals surface area contributed by atoms with Gasteiger partial charge in [-0.3, -0.25) is 0 Å². The van der Waals surface area contributed by atoms with Crippen molar-refractivity contribution in [1.29, 1.82) is 0 Å². The van der Waals surface area contributed by atoms with Gasteiger partial charge in [-0.2, -0.15) is 0 Å². The van der Waals surface area contributed by atoms with Gasteiger partial charge in [0, 0.05) is 20.7 Å². The summed E-state index contributed by atoms with van der Waals surface area (Å²) in [6.45, 7) is 10.3. The Labute approximate surface area is 207 Å². The molecule has 0 radical (unpaired) electrons. The molecule has 0 aromatic rings. The van der Waals surface area contributed by atoms with Gasteiger partial charge in [0.05, 0.1) is 12.2 Å². The normalized spacial score (nSPS) is 47.1. The van der Waals surface area contributed by atoms with Crippen LogP contribution in [0.15, 0.2) is 0 Å². The van der Waals surface area contributed by atoms with Crippen molar-refractivity contribution in [2.75, 3.05) is 27.3 Å². The summed E-state index contributed by atoms with van der Waals surface area (Å²) in [5, 5.41) is 10.3. The van der Waals surface area contributed by atoms with Crippen LogP contribution in [0.5, 0.6) is 0 Å². The van der Waals surface area contributed by atoms with Gasteiger partial charge in [0.2, 0.25) is 0 Å².